The molecular formula is C16H28O13. The van der Waals surface area contributed by atoms with E-state index in [0.717, 1.165) is 0 Å². The van der Waals surface area contributed by atoms with Gasteiger partial charge in [-0.05, 0) is 0 Å². The van der Waals surface area contributed by atoms with E-state index in [9.17, 15) is 30.6 Å². The summed E-state index contributed by atoms with van der Waals surface area (Å²) in [4.78, 5) is 0. The van der Waals surface area contributed by atoms with Crippen molar-refractivity contribution < 1.29 is 64.2 Å². The lowest BCUT2D eigenvalue weighted by molar-refractivity contribution is -0.217. The van der Waals surface area contributed by atoms with Crippen molar-refractivity contribution in [3.63, 3.8) is 0 Å². The first-order chi connectivity index (χ1) is 13.8. The van der Waals surface area contributed by atoms with Gasteiger partial charge in [0.2, 0.25) is 0 Å². The Labute approximate surface area is 165 Å². The molecule has 12 atom stereocenters. The lowest BCUT2D eigenvalue weighted by atomic mass is 10.1. The second-order valence-corrected chi connectivity index (χ2v) is 7.16. The van der Waals surface area contributed by atoms with E-state index in [1.165, 1.54) is 7.11 Å². The number of hydrogen-bond donors (Lipinski definition) is 7. The van der Waals surface area contributed by atoms with Crippen LogP contribution < -0.4 is 0 Å². The SMILES string of the molecule is COC1OC(COC2OC(COC3OC(CO)C(O)C3O)C(O)C2O)C(O)C1O. The van der Waals surface area contributed by atoms with Crippen molar-refractivity contribution in [2.45, 2.75) is 73.8 Å². The molecule has 0 spiro atoms. The summed E-state index contributed by atoms with van der Waals surface area (Å²) in [6, 6.07) is 0. The Morgan fingerprint density at radius 2 is 0.966 bits per heavy atom. The van der Waals surface area contributed by atoms with Crippen LogP contribution in [0.3, 0.4) is 0 Å². The van der Waals surface area contributed by atoms with Gasteiger partial charge in [0.15, 0.2) is 18.9 Å². The Morgan fingerprint density at radius 1 is 0.586 bits per heavy atom. The Kier molecular flexibility index (Phi) is 7.77. The van der Waals surface area contributed by atoms with Crippen LogP contribution in [0.5, 0.6) is 0 Å². The predicted octanol–water partition coefficient (Wildman–Crippen LogP) is -5.00. The molecule has 13 heteroatoms. The Balaban J connectivity index is 1.46. The molecule has 3 rings (SSSR count). The number of rotatable bonds is 8. The minimum Gasteiger partial charge on any atom is -0.394 e. The van der Waals surface area contributed by atoms with E-state index in [-0.39, 0.29) is 13.2 Å². The van der Waals surface area contributed by atoms with E-state index in [1.807, 2.05) is 0 Å². The zero-order valence-electron chi connectivity index (χ0n) is 15.6. The average molecular weight is 428 g/mol. The van der Waals surface area contributed by atoms with Crippen LogP contribution in [-0.2, 0) is 28.4 Å². The first-order valence-corrected chi connectivity index (χ1v) is 9.20. The molecule has 0 aromatic rings. The predicted molar refractivity (Wildman–Crippen MR) is 88.0 cm³/mol. The van der Waals surface area contributed by atoms with Gasteiger partial charge >= 0.3 is 0 Å². The quantitative estimate of drug-likeness (QED) is 0.194. The minimum absolute atomic E-state index is 0.255. The van der Waals surface area contributed by atoms with Crippen LogP contribution >= 0.6 is 0 Å². The number of ether oxygens (including phenoxy) is 6. The van der Waals surface area contributed by atoms with E-state index in [1.54, 1.807) is 0 Å². The van der Waals surface area contributed by atoms with Crippen molar-refractivity contribution in [1.82, 2.24) is 0 Å². The Bertz CT molecular complexity index is 479. The van der Waals surface area contributed by atoms with E-state index >= 15 is 0 Å². The van der Waals surface area contributed by atoms with Crippen LogP contribution in [0.1, 0.15) is 0 Å². The summed E-state index contributed by atoms with van der Waals surface area (Å²) >= 11 is 0. The van der Waals surface area contributed by atoms with Gasteiger partial charge in [-0.15, -0.1) is 0 Å². The zero-order chi connectivity index (χ0) is 21.3. The molecule has 0 radical (unpaired) electrons. The Hall–Kier alpha value is -0.520. The maximum atomic E-state index is 10.1. The normalized spacial score (nSPS) is 50.5. The molecule has 12 unspecified atom stereocenters. The maximum Gasteiger partial charge on any atom is 0.186 e. The van der Waals surface area contributed by atoms with Crippen molar-refractivity contribution in [3.05, 3.63) is 0 Å². The third-order valence-corrected chi connectivity index (χ3v) is 5.22. The van der Waals surface area contributed by atoms with Crippen molar-refractivity contribution in [3.8, 4) is 0 Å². The second kappa shape index (κ2) is 9.74. The fraction of sp³-hybridized carbons (Fsp3) is 1.00. The number of aliphatic hydroxyl groups excluding tert-OH is 7. The zero-order valence-corrected chi connectivity index (χ0v) is 15.6. The first kappa shape index (κ1) is 23.1. The van der Waals surface area contributed by atoms with Crippen LogP contribution in [0.2, 0.25) is 0 Å². The Morgan fingerprint density at radius 3 is 1.34 bits per heavy atom. The van der Waals surface area contributed by atoms with Crippen molar-refractivity contribution in [2.24, 2.45) is 0 Å². The van der Waals surface area contributed by atoms with Crippen molar-refractivity contribution in [2.75, 3.05) is 26.9 Å². The summed E-state index contributed by atoms with van der Waals surface area (Å²) in [5, 5.41) is 68.5. The van der Waals surface area contributed by atoms with Gasteiger partial charge in [0.1, 0.15) is 54.9 Å². The molecule has 13 nitrogen and oxygen atoms in total. The van der Waals surface area contributed by atoms with Crippen LogP contribution in [0.25, 0.3) is 0 Å². The van der Waals surface area contributed by atoms with Gasteiger partial charge in [-0.1, -0.05) is 0 Å². The summed E-state index contributed by atoms with van der Waals surface area (Å²) in [5.41, 5.74) is 0. The monoisotopic (exact) mass is 428 g/mol. The highest BCUT2D eigenvalue weighted by molar-refractivity contribution is 4.90. The summed E-state index contributed by atoms with van der Waals surface area (Å²) < 4.78 is 31.4. The highest BCUT2D eigenvalue weighted by Gasteiger charge is 2.48. The molecule has 0 aromatic heterocycles. The standard InChI is InChI=1S/C16H28O13/c1-24-14-11(21)9(19)6(28-14)3-26-16-13(23)10(20)7(29-16)4-25-15-12(22)8(18)5(2-17)27-15/h5-23H,2-4H2,1H3. The van der Waals surface area contributed by atoms with E-state index in [2.05, 4.69) is 0 Å². The largest absolute Gasteiger partial charge is 0.394 e. The van der Waals surface area contributed by atoms with E-state index in [4.69, 9.17) is 33.5 Å². The summed E-state index contributed by atoms with van der Waals surface area (Å²) in [6.07, 6.45) is -14.6. The second-order valence-electron chi connectivity index (χ2n) is 7.16. The molecule has 3 aliphatic heterocycles. The minimum atomic E-state index is -1.43. The van der Waals surface area contributed by atoms with Crippen LogP contribution in [0, 0.1) is 0 Å². The number of hydrogen-bond acceptors (Lipinski definition) is 13. The number of aliphatic hydroxyl groups is 7. The highest BCUT2D eigenvalue weighted by atomic mass is 16.7. The van der Waals surface area contributed by atoms with E-state index in [0.29, 0.717) is 0 Å². The molecule has 170 valence electrons. The van der Waals surface area contributed by atoms with E-state index < -0.39 is 80.4 Å². The summed E-state index contributed by atoms with van der Waals surface area (Å²) in [5.74, 6) is 0. The van der Waals surface area contributed by atoms with Gasteiger partial charge in [0.25, 0.3) is 0 Å². The van der Waals surface area contributed by atoms with Gasteiger partial charge in [0, 0.05) is 7.11 Å². The van der Waals surface area contributed by atoms with Gasteiger partial charge in [-0.2, -0.15) is 0 Å². The van der Waals surface area contributed by atoms with Gasteiger partial charge in [-0.25, -0.2) is 0 Å². The molecular weight excluding hydrogens is 400 g/mol. The molecule has 3 aliphatic rings. The molecule has 3 heterocycles. The molecule has 3 fully saturated rings. The molecule has 0 saturated carbocycles. The molecule has 3 saturated heterocycles. The van der Waals surface area contributed by atoms with Gasteiger partial charge in [-0.3, -0.25) is 0 Å². The summed E-state index contributed by atoms with van der Waals surface area (Å²) in [7, 11) is 1.31. The first-order valence-electron chi connectivity index (χ1n) is 9.20. The molecule has 29 heavy (non-hydrogen) atoms. The fourth-order valence-electron chi connectivity index (χ4n) is 3.42. The lowest BCUT2D eigenvalue weighted by Crippen LogP contribution is -2.39. The molecule has 0 aromatic carbocycles. The topological polar surface area (TPSA) is 197 Å². The van der Waals surface area contributed by atoms with Crippen molar-refractivity contribution >= 4 is 0 Å². The lowest BCUT2D eigenvalue weighted by Gasteiger charge is -2.20. The molecule has 0 aliphatic carbocycles. The van der Waals surface area contributed by atoms with Crippen LogP contribution in [0.15, 0.2) is 0 Å². The molecule has 0 amide bonds. The fourth-order valence-corrected chi connectivity index (χ4v) is 3.42. The van der Waals surface area contributed by atoms with Crippen LogP contribution in [-0.4, -0.2) is 136 Å². The number of methoxy groups -OCH3 is 1. The smallest absolute Gasteiger partial charge is 0.186 e. The van der Waals surface area contributed by atoms with Crippen LogP contribution in [0.4, 0.5) is 0 Å². The third-order valence-electron chi connectivity index (χ3n) is 5.22. The molecule has 0 bridgehead atoms. The van der Waals surface area contributed by atoms with Crippen molar-refractivity contribution in [1.29, 1.82) is 0 Å². The average Bonchev–Trinajstić information content (AvgIpc) is 3.26. The summed E-state index contributed by atoms with van der Waals surface area (Å²) in [6.45, 7) is -1.07. The molecule has 7 N–H and O–H groups in total. The third kappa shape index (κ3) is 4.72. The maximum absolute atomic E-state index is 10.1. The van der Waals surface area contributed by atoms with Gasteiger partial charge < -0.3 is 64.2 Å². The van der Waals surface area contributed by atoms with Gasteiger partial charge in [0.05, 0.1) is 19.8 Å². The highest BCUT2D eigenvalue weighted by Crippen LogP contribution is 2.28.